The van der Waals surface area contributed by atoms with E-state index < -0.39 is 24.3 Å². The van der Waals surface area contributed by atoms with Gasteiger partial charge in [-0.15, -0.1) is 0 Å². The van der Waals surface area contributed by atoms with Crippen molar-refractivity contribution < 1.29 is 42.9 Å². The Hall–Kier alpha value is -4.05. The number of allylic oxidation sites excluding steroid dienone is 18. The zero-order valence-corrected chi connectivity index (χ0v) is 48.0. The van der Waals surface area contributed by atoms with E-state index in [0.29, 0.717) is 17.4 Å². The van der Waals surface area contributed by atoms with Crippen LogP contribution in [0.25, 0.3) is 0 Å². The van der Waals surface area contributed by atoms with Gasteiger partial charge in [0.1, 0.15) is 13.2 Å². The summed E-state index contributed by atoms with van der Waals surface area (Å²) in [4.78, 5) is 37.4. The highest BCUT2D eigenvalue weighted by Crippen LogP contribution is 2.14. The van der Waals surface area contributed by atoms with Crippen molar-refractivity contribution in [2.24, 2.45) is 0 Å². The lowest BCUT2D eigenvalue weighted by Crippen LogP contribution is -2.40. The number of carboxylic acid groups (broad SMARTS) is 1. The van der Waals surface area contributed by atoms with E-state index in [1.165, 1.54) is 77.0 Å². The fraction of sp³-hybridized carbons (Fsp3) is 0.677. The molecule has 74 heavy (non-hydrogen) atoms. The maximum absolute atomic E-state index is 12.9. The van der Waals surface area contributed by atoms with Gasteiger partial charge in [0.2, 0.25) is 0 Å². The summed E-state index contributed by atoms with van der Waals surface area (Å²) in [6.07, 6.45) is 73.1. The van der Waals surface area contributed by atoms with Crippen LogP contribution in [0.1, 0.15) is 226 Å². The van der Waals surface area contributed by atoms with Crippen molar-refractivity contribution in [2.75, 3.05) is 47.5 Å². The smallest absolute Gasteiger partial charge is 0.361 e. The Morgan fingerprint density at radius 1 is 0.419 bits per heavy atom. The summed E-state index contributed by atoms with van der Waals surface area (Å²) < 4.78 is 22.8. The van der Waals surface area contributed by atoms with Crippen molar-refractivity contribution >= 4 is 17.9 Å². The van der Waals surface area contributed by atoms with E-state index in [2.05, 4.69) is 123 Å². The molecule has 2 atom stereocenters. The van der Waals surface area contributed by atoms with Crippen LogP contribution >= 0.6 is 0 Å². The first-order valence-corrected chi connectivity index (χ1v) is 29.6. The first-order valence-electron chi connectivity index (χ1n) is 29.6. The molecule has 0 aromatic carbocycles. The third kappa shape index (κ3) is 55.7. The van der Waals surface area contributed by atoms with Crippen LogP contribution in [0.15, 0.2) is 109 Å². The zero-order valence-electron chi connectivity index (χ0n) is 48.0. The number of ether oxygens (including phenoxy) is 4. The normalized spacial score (nSPS) is 13.6. The number of likely N-dealkylation sites (N-methyl/N-ethyl adjacent to an activating group) is 1. The molecule has 0 aromatic rings. The van der Waals surface area contributed by atoms with Gasteiger partial charge in [-0.1, -0.05) is 220 Å². The minimum Gasteiger partial charge on any atom is -0.477 e. The molecule has 0 spiro atoms. The van der Waals surface area contributed by atoms with Crippen LogP contribution in [-0.4, -0.2) is 87.4 Å². The second kappa shape index (κ2) is 55.2. The number of quaternary nitrogens is 1. The molecule has 0 fully saturated rings. The summed E-state index contributed by atoms with van der Waals surface area (Å²) in [7, 11) is 5.95. The average Bonchev–Trinajstić information content (AvgIpc) is 3.37. The molecule has 0 bridgehead atoms. The van der Waals surface area contributed by atoms with Gasteiger partial charge in [0.15, 0.2) is 6.10 Å². The summed E-state index contributed by atoms with van der Waals surface area (Å²) >= 11 is 0. The molecule has 0 aromatic heterocycles. The fourth-order valence-corrected chi connectivity index (χ4v) is 7.73. The summed E-state index contributed by atoms with van der Waals surface area (Å²) in [5.41, 5.74) is 0. The second-order valence-electron chi connectivity index (χ2n) is 20.6. The van der Waals surface area contributed by atoms with E-state index in [1.54, 1.807) is 0 Å². The monoisotopic (exact) mass is 1030 g/mol. The quantitative estimate of drug-likeness (QED) is 0.0211. The molecule has 0 aliphatic heterocycles. The first kappa shape index (κ1) is 70.0. The zero-order chi connectivity index (χ0) is 54.1. The molecule has 0 radical (unpaired) electrons. The van der Waals surface area contributed by atoms with E-state index in [9.17, 15) is 19.5 Å². The molecule has 0 aliphatic carbocycles. The lowest BCUT2D eigenvalue weighted by atomic mass is 10.1. The number of carbonyl (C=O) groups is 3. The Labute approximate surface area is 454 Å². The highest BCUT2D eigenvalue weighted by Gasteiger charge is 2.25. The summed E-state index contributed by atoms with van der Waals surface area (Å²) in [5, 5.41) is 9.70. The van der Waals surface area contributed by atoms with Crippen molar-refractivity contribution in [2.45, 2.75) is 238 Å². The summed E-state index contributed by atoms with van der Waals surface area (Å²) in [5.74, 6) is -2.04. The van der Waals surface area contributed by atoms with Crippen molar-refractivity contribution in [3.63, 3.8) is 0 Å². The molecule has 422 valence electrons. The van der Waals surface area contributed by atoms with Gasteiger partial charge < -0.3 is 28.5 Å². The maximum atomic E-state index is 12.9. The van der Waals surface area contributed by atoms with E-state index in [0.717, 1.165) is 116 Å². The van der Waals surface area contributed by atoms with E-state index >= 15 is 0 Å². The van der Waals surface area contributed by atoms with Crippen molar-refractivity contribution in [3.8, 4) is 0 Å². The first-order chi connectivity index (χ1) is 36.1. The van der Waals surface area contributed by atoms with Gasteiger partial charge >= 0.3 is 17.9 Å². The van der Waals surface area contributed by atoms with E-state index in [4.69, 9.17) is 18.9 Å². The van der Waals surface area contributed by atoms with Crippen molar-refractivity contribution in [1.29, 1.82) is 0 Å². The van der Waals surface area contributed by atoms with Crippen LogP contribution < -0.4 is 0 Å². The fourth-order valence-electron chi connectivity index (χ4n) is 7.73. The molecule has 0 saturated carbocycles. The molecule has 0 aliphatic rings. The number of unbranched alkanes of at least 4 members (excludes halogenated alkanes) is 20. The van der Waals surface area contributed by atoms with E-state index in [-0.39, 0.29) is 38.6 Å². The largest absolute Gasteiger partial charge is 0.477 e. The van der Waals surface area contributed by atoms with E-state index in [1.807, 2.05) is 21.1 Å². The molecule has 0 rings (SSSR count). The average molecular weight is 1030 g/mol. The standard InChI is InChI=1S/C65H109NO8/c1-6-8-10-12-14-16-18-20-22-24-25-26-27-28-29-30-31-32-33-34-35-36-37-38-39-40-42-44-46-48-50-52-54-56-63(68)74-61(60-73-65(64(69)70)71-58-57-66(3,4)5)59-72-62(67)55-53-51-49-47-45-43-41-23-21-19-17-15-13-11-9-7-2/h8,10,14,16,20,22-23,25-26,28-29,31-32,34-35,37-38,41,61,65H,6-7,9,11-13,15,17-19,21,24,27,30,33,36,39-40,42-60H2,1-5H3/p+1/b10-8-,16-14-,22-20-,26-25-,29-28-,32-31-,35-34-,38-37-,41-23-. The lowest BCUT2D eigenvalue weighted by Gasteiger charge is -2.25. The SMILES string of the molecule is CC/C=C\C/C=C\C/C=C\C/C=C\C/C=C\C/C=C\C/C=C\C/C=C\CCCCCCCCCCC(=O)OC(COC(=O)CCCCCCC/C=C\CCCCCCCCC)COC(OCC[N+](C)(C)C)C(=O)O. The number of rotatable bonds is 53. The van der Waals surface area contributed by atoms with Gasteiger partial charge in [-0.3, -0.25) is 9.59 Å². The highest BCUT2D eigenvalue weighted by atomic mass is 16.7. The molecule has 0 amide bonds. The van der Waals surface area contributed by atoms with Gasteiger partial charge in [-0.05, 0) is 103 Å². The third-order valence-electron chi connectivity index (χ3n) is 12.3. The number of hydrogen-bond donors (Lipinski definition) is 1. The van der Waals surface area contributed by atoms with Gasteiger partial charge in [-0.25, -0.2) is 4.79 Å². The van der Waals surface area contributed by atoms with Gasteiger partial charge in [-0.2, -0.15) is 0 Å². The van der Waals surface area contributed by atoms with Crippen LogP contribution in [0.4, 0.5) is 0 Å². The van der Waals surface area contributed by atoms with Gasteiger partial charge in [0.05, 0.1) is 34.4 Å². The maximum Gasteiger partial charge on any atom is 0.361 e. The summed E-state index contributed by atoms with van der Waals surface area (Å²) in [6, 6.07) is 0. The molecule has 9 nitrogen and oxygen atoms in total. The van der Waals surface area contributed by atoms with Crippen molar-refractivity contribution in [1.82, 2.24) is 0 Å². The molecule has 0 heterocycles. The minimum atomic E-state index is -1.52. The second-order valence-corrected chi connectivity index (χ2v) is 20.6. The Morgan fingerprint density at radius 2 is 0.770 bits per heavy atom. The minimum absolute atomic E-state index is 0.180. The molecule has 0 saturated heterocycles. The number of carbonyl (C=O) groups excluding carboxylic acids is 2. The third-order valence-corrected chi connectivity index (χ3v) is 12.3. The topological polar surface area (TPSA) is 108 Å². The number of aliphatic carboxylic acids is 1. The van der Waals surface area contributed by atoms with Crippen molar-refractivity contribution in [3.05, 3.63) is 109 Å². The van der Waals surface area contributed by atoms with Crippen LogP contribution in [0.3, 0.4) is 0 Å². The molecule has 2 unspecified atom stereocenters. The lowest BCUT2D eigenvalue weighted by molar-refractivity contribution is -0.870. The van der Waals surface area contributed by atoms with Gasteiger partial charge in [0, 0.05) is 12.8 Å². The number of esters is 2. The Balaban J connectivity index is 4.26. The number of carboxylic acids is 1. The van der Waals surface area contributed by atoms with Crippen LogP contribution in [-0.2, 0) is 33.3 Å². The summed E-state index contributed by atoms with van der Waals surface area (Å²) in [6.45, 7) is 4.73. The van der Waals surface area contributed by atoms with Crippen LogP contribution in [0.5, 0.6) is 0 Å². The molecule has 1 N–H and O–H groups in total. The van der Waals surface area contributed by atoms with Gasteiger partial charge in [0.25, 0.3) is 6.29 Å². The molecular weight excluding hydrogens is 923 g/mol. The Kier molecular flexibility index (Phi) is 52.2. The Bertz CT molecular complexity index is 1580. The predicted molar refractivity (Wildman–Crippen MR) is 313 cm³/mol. The number of hydrogen-bond acceptors (Lipinski definition) is 7. The predicted octanol–water partition coefficient (Wildman–Crippen LogP) is 17.5. The molecular formula is C65H110NO8+. The number of nitrogens with zero attached hydrogens (tertiary/aromatic N) is 1. The highest BCUT2D eigenvalue weighted by molar-refractivity contribution is 5.71. The van der Waals surface area contributed by atoms with Crippen LogP contribution in [0.2, 0.25) is 0 Å². The van der Waals surface area contributed by atoms with Crippen LogP contribution in [0, 0.1) is 0 Å². The Morgan fingerprint density at radius 3 is 1.16 bits per heavy atom. The molecule has 9 heteroatoms.